The lowest BCUT2D eigenvalue weighted by atomic mass is 9.82. The first-order chi connectivity index (χ1) is 16.5. The van der Waals surface area contributed by atoms with E-state index in [-0.39, 0.29) is 12.2 Å². The third kappa shape index (κ3) is 5.36. The van der Waals surface area contributed by atoms with E-state index < -0.39 is 17.6 Å². The highest BCUT2D eigenvalue weighted by atomic mass is 19.2. The van der Waals surface area contributed by atoms with Crippen molar-refractivity contribution in [1.82, 2.24) is 9.78 Å². The molecule has 0 saturated heterocycles. The quantitative estimate of drug-likeness (QED) is 0.421. The van der Waals surface area contributed by atoms with Gasteiger partial charge in [-0.05, 0) is 50.0 Å². The number of aliphatic carboxylic acids is 1. The maximum Gasteiger partial charge on any atom is 0.329 e. The van der Waals surface area contributed by atoms with Crippen LogP contribution < -0.4 is 0 Å². The van der Waals surface area contributed by atoms with Crippen molar-refractivity contribution in [2.75, 3.05) is 13.2 Å². The molecule has 1 saturated carbocycles. The fourth-order valence-electron chi connectivity index (χ4n) is 4.90. The summed E-state index contributed by atoms with van der Waals surface area (Å²) in [6, 6.07) is 14.0. The molecule has 1 heterocycles. The summed E-state index contributed by atoms with van der Waals surface area (Å²) >= 11 is 0. The topological polar surface area (TPSA) is 64.4 Å². The van der Waals surface area contributed by atoms with Crippen LogP contribution in [0.1, 0.15) is 38.3 Å². The van der Waals surface area contributed by atoms with Gasteiger partial charge < -0.3 is 9.84 Å². The van der Waals surface area contributed by atoms with Crippen LogP contribution in [0, 0.1) is 23.5 Å². The normalized spacial score (nSPS) is 18.2. The number of hydrogen-bond acceptors (Lipinski definition) is 3. The average Bonchev–Trinajstić information content (AvgIpc) is 3.20. The fraction of sp³-hybridized carbons (Fsp3) is 0.407. The van der Waals surface area contributed by atoms with Gasteiger partial charge in [0.05, 0.1) is 18.0 Å². The van der Waals surface area contributed by atoms with Gasteiger partial charge in [-0.15, -0.1) is 0 Å². The molecule has 7 heteroatoms. The maximum absolute atomic E-state index is 14.9. The van der Waals surface area contributed by atoms with Crippen molar-refractivity contribution in [2.24, 2.45) is 11.8 Å². The molecule has 1 fully saturated rings. The predicted octanol–water partition coefficient (Wildman–Crippen LogP) is 5.97. The Hall–Kier alpha value is -3.06. The zero-order chi connectivity index (χ0) is 24.1. The van der Waals surface area contributed by atoms with E-state index in [1.807, 2.05) is 41.9 Å². The van der Waals surface area contributed by atoms with Gasteiger partial charge in [0.15, 0.2) is 11.6 Å². The molecule has 0 bridgehead atoms. The summed E-state index contributed by atoms with van der Waals surface area (Å²) in [7, 11) is 0. The first-order valence-corrected chi connectivity index (χ1v) is 11.9. The summed E-state index contributed by atoms with van der Waals surface area (Å²) < 4.78 is 36.3. The van der Waals surface area contributed by atoms with Crippen LogP contribution in [-0.4, -0.2) is 34.1 Å². The monoisotopic (exact) mass is 468 g/mol. The first-order valence-electron chi connectivity index (χ1n) is 11.9. The summed E-state index contributed by atoms with van der Waals surface area (Å²) in [4.78, 5) is 10.7. The lowest BCUT2D eigenvalue weighted by Crippen LogP contribution is -2.23. The highest BCUT2D eigenvalue weighted by Gasteiger charge is 2.27. The zero-order valence-corrected chi connectivity index (χ0v) is 19.3. The van der Waals surface area contributed by atoms with Crippen molar-refractivity contribution >= 4 is 5.97 Å². The molecule has 0 atom stereocenters. The Morgan fingerprint density at radius 3 is 2.44 bits per heavy atom. The number of aromatic nitrogens is 2. The highest BCUT2D eigenvalue weighted by Crippen LogP contribution is 2.39. The van der Waals surface area contributed by atoms with E-state index in [9.17, 15) is 13.6 Å². The second-order valence-corrected chi connectivity index (χ2v) is 8.97. The van der Waals surface area contributed by atoms with E-state index in [0.29, 0.717) is 37.0 Å². The van der Waals surface area contributed by atoms with Crippen molar-refractivity contribution in [3.05, 3.63) is 65.9 Å². The summed E-state index contributed by atoms with van der Waals surface area (Å²) in [5, 5.41) is 13.6. The molecule has 5 nitrogen and oxygen atoms in total. The average molecular weight is 469 g/mol. The number of halogens is 2. The molecule has 0 aliphatic heterocycles. The van der Waals surface area contributed by atoms with Crippen LogP contribution in [0.2, 0.25) is 0 Å². The van der Waals surface area contributed by atoms with Crippen molar-refractivity contribution in [3.8, 4) is 22.4 Å². The minimum atomic E-state index is -0.946. The molecule has 3 aromatic rings. The van der Waals surface area contributed by atoms with E-state index in [2.05, 4.69) is 0 Å². The summed E-state index contributed by atoms with van der Waals surface area (Å²) in [6.07, 6.45) is 4.52. The van der Waals surface area contributed by atoms with Gasteiger partial charge in [-0.3, -0.25) is 4.68 Å². The highest BCUT2D eigenvalue weighted by molar-refractivity contribution is 5.83. The van der Waals surface area contributed by atoms with Crippen LogP contribution >= 0.6 is 0 Å². The first kappa shape index (κ1) is 24.1. The molecule has 1 aliphatic rings. The van der Waals surface area contributed by atoms with Crippen LogP contribution in [0.5, 0.6) is 0 Å². The Labute approximate surface area is 198 Å². The molecule has 2 aromatic carbocycles. The number of rotatable bonds is 9. The number of benzene rings is 2. The number of aryl methyl sites for hydroxylation is 1. The van der Waals surface area contributed by atoms with E-state index in [1.165, 1.54) is 6.07 Å². The Morgan fingerprint density at radius 1 is 1.06 bits per heavy atom. The number of carbonyl (C=O) groups is 1. The molecule has 0 radical (unpaired) electrons. The SMILES string of the molecule is CCc1nn(CC2CCC(COCC(=O)O)CC2)c(-c2ccccc2)c1-c1cccc(F)c1F. The fourth-order valence-corrected chi connectivity index (χ4v) is 4.90. The Kier molecular flexibility index (Phi) is 7.73. The van der Waals surface area contributed by atoms with Crippen molar-refractivity contribution in [3.63, 3.8) is 0 Å². The van der Waals surface area contributed by atoms with Gasteiger partial charge in [0, 0.05) is 23.2 Å². The minimum absolute atomic E-state index is 0.237. The third-order valence-electron chi connectivity index (χ3n) is 6.60. The van der Waals surface area contributed by atoms with Gasteiger partial charge in [-0.25, -0.2) is 13.6 Å². The van der Waals surface area contributed by atoms with E-state index >= 15 is 0 Å². The van der Waals surface area contributed by atoms with E-state index in [4.69, 9.17) is 14.9 Å². The van der Waals surface area contributed by atoms with Crippen LogP contribution in [-0.2, 0) is 22.5 Å². The van der Waals surface area contributed by atoms with E-state index in [1.54, 1.807) is 6.07 Å². The summed E-state index contributed by atoms with van der Waals surface area (Å²) in [5.41, 5.74) is 3.37. The van der Waals surface area contributed by atoms with E-state index in [0.717, 1.165) is 48.7 Å². The molecule has 1 aliphatic carbocycles. The standard InChI is InChI=1S/C27H30F2N2O3/c1-2-23-25(21-9-6-10-22(28)26(21)29)27(20-7-4-3-5-8-20)31(30-23)15-18-11-13-19(14-12-18)16-34-17-24(32)33/h3-10,18-19H,2,11-17H2,1H3,(H,32,33). The molecule has 0 amide bonds. The summed E-state index contributed by atoms with van der Waals surface area (Å²) in [6.45, 7) is 2.88. The predicted molar refractivity (Wildman–Crippen MR) is 126 cm³/mol. The lowest BCUT2D eigenvalue weighted by Gasteiger charge is -2.28. The second kappa shape index (κ2) is 10.9. The van der Waals surface area contributed by atoms with Crippen LogP contribution in [0.15, 0.2) is 48.5 Å². The molecular formula is C27H30F2N2O3. The van der Waals surface area contributed by atoms with Crippen LogP contribution in [0.3, 0.4) is 0 Å². The van der Waals surface area contributed by atoms with Crippen LogP contribution in [0.4, 0.5) is 8.78 Å². The molecular weight excluding hydrogens is 438 g/mol. The van der Waals surface area contributed by atoms with Gasteiger partial charge in [0.2, 0.25) is 0 Å². The Bertz CT molecular complexity index is 1120. The number of ether oxygens (including phenoxy) is 1. The van der Waals surface area contributed by atoms with Gasteiger partial charge in [-0.1, -0.05) is 49.4 Å². The molecule has 1 aromatic heterocycles. The third-order valence-corrected chi connectivity index (χ3v) is 6.60. The molecule has 34 heavy (non-hydrogen) atoms. The minimum Gasteiger partial charge on any atom is -0.480 e. The van der Waals surface area contributed by atoms with Gasteiger partial charge in [0.1, 0.15) is 6.61 Å². The van der Waals surface area contributed by atoms with Gasteiger partial charge in [0.25, 0.3) is 0 Å². The van der Waals surface area contributed by atoms with Gasteiger partial charge >= 0.3 is 5.97 Å². The second-order valence-electron chi connectivity index (χ2n) is 8.97. The number of carboxylic acids is 1. The van der Waals surface area contributed by atoms with Gasteiger partial charge in [-0.2, -0.15) is 5.10 Å². The van der Waals surface area contributed by atoms with Crippen molar-refractivity contribution in [2.45, 2.75) is 45.6 Å². The van der Waals surface area contributed by atoms with Crippen molar-refractivity contribution < 1.29 is 23.4 Å². The number of hydrogen-bond donors (Lipinski definition) is 1. The van der Waals surface area contributed by atoms with Crippen molar-refractivity contribution in [1.29, 1.82) is 0 Å². The number of nitrogens with zero attached hydrogens (tertiary/aromatic N) is 2. The molecule has 4 rings (SSSR count). The van der Waals surface area contributed by atoms with Crippen LogP contribution in [0.25, 0.3) is 22.4 Å². The molecule has 0 spiro atoms. The molecule has 0 unspecified atom stereocenters. The number of carboxylic acid groups (broad SMARTS) is 1. The largest absolute Gasteiger partial charge is 0.480 e. The Morgan fingerprint density at radius 2 is 1.76 bits per heavy atom. The zero-order valence-electron chi connectivity index (χ0n) is 19.3. The lowest BCUT2D eigenvalue weighted by molar-refractivity contribution is -0.142. The smallest absolute Gasteiger partial charge is 0.329 e. The Balaban J connectivity index is 1.62. The summed E-state index contributed by atoms with van der Waals surface area (Å²) in [5.74, 6) is -1.90. The molecule has 1 N–H and O–H groups in total. The maximum atomic E-state index is 14.9. The molecule has 180 valence electrons.